The quantitative estimate of drug-likeness (QED) is 0.154. The molecule has 0 aliphatic carbocycles. The SMILES string of the molecule is CCC(CC)CN(Cc1ccc(-c2csc(CN(C(=O)N(C)CC(=O)O)c3ccccc3)n2)cc1)c1ccc(C(C)C)cc1. The van der Waals surface area contributed by atoms with Crippen molar-refractivity contribution in [3.63, 3.8) is 0 Å². The van der Waals surface area contributed by atoms with Gasteiger partial charge in [0, 0.05) is 42.5 Å². The highest BCUT2D eigenvalue weighted by molar-refractivity contribution is 7.10. The molecule has 1 N–H and O–H groups in total. The predicted octanol–water partition coefficient (Wildman–Crippen LogP) is 8.52. The zero-order valence-corrected chi connectivity index (χ0v) is 27.3. The van der Waals surface area contributed by atoms with E-state index >= 15 is 0 Å². The van der Waals surface area contributed by atoms with Gasteiger partial charge in [-0.15, -0.1) is 11.3 Å². The fourth-order valence-corrected chi connectivity index (χ4v) is 5.99. The number of aromatic nitrogens is 1. The first kappa shape index (κ1) is 32.7. The molecule has 0 aliphatic heterocycles. The van der Waals surface area contributed by atoms with Gasteiger partial charge < -0.3 is 14.9 Å². The molecular formula is C36H44N4O3S. The lowest BCUT2D eigenvalue weighted by Crippen LogP contribution is -2.43. The maximum atomic E-state index is 13.2. The number of carboxylic acid groups (broad SMARTS) is 1. The van der Waals surface area contributed by atoms with Gasteiger partial charge in [0.25, 0.3) is 0 Å². The van der Waals surface area contributed by atoms with Crippen LogP contribution in [0, 0.1) is 5.92 Å². The van der Waals surface area contributed by atoms with Crippen LogP contribution in [0.4, 0.5) is 16.2 Å². The number of amides is 2. The monoisotopic (exact) mass is 612 g/mol. The molecule has 0 fully saturated rings. The van der Waals surface area contributed by atoms with Gasteiger partial charge in [0.1, 0.15) is 11.6 Å². The van der Waals surface area contributed by atoms with Crippen molar-refractivity contribution in [1.29, 1.82) is 0 Å². The molecule has 3 aromatic carbocycles. The topological polar surface area (TPSA) is 77.0 Å². The van der Waals surface area contributed by atoms with E-state index in [0.717, 1.165) is 42.2 Å². The molecule has 1 heterocycles. The average Bonchev–Trinajstić information content (AvgIpc) is 3.50. The third kappa shape index (κ3) is 8.69. The zero-order chi connectivity index (χ0) is 31.6. The molecule has 0 spiro atoms. The first-order valence-corrected chi connectivity index (χ1v) is 16.2. The van der Waals surface area contributed by atoms with E-state index in [9.17, 15) is 14.7 Å². The van der Waals surface area contributed by atoms with Crippen LogP contribution in [-0.4, -0.2) is 47.1 Å². The van der Waals surface area contributed by atoms with Gasteiger partial charge in [-0.2, -0.15) is 0 Å². The second-order valence-electron chi connectivity index (χ2n) is 11.6. The Morgan fingerprint density at radius 2 is 1.52 bits per heavy atom. The number of likely N-dealkylation sites (N-methyl/N-ethyl adjacent to an activating group) is 1. The van der Waals surface area contributed by atoms with Crippen LogP contribution in [-0.2, 0) is 17.9 Å². The highest BCUT2D eigenvalue weighted by Gasteiger charge is 2.23. The summed E-state index contributed by atoms with van der Waals surface area (Å²) in [5.74, 6) is 0.0887. The van der Waals surface area contributed by atoms with E-state index in [4.69, 9.17) is 4.98 Å². The molecule has 0 bridgehead atoms. The summed E-state index contributed by atoms with van der Waals surface area (Å²) in [6, 6.07) is 26.5. The third-order valence-electron chi connectivity index (χ3n) is 8.02. The van der Waals surface area contributed by atoms with E-state index in [0.29, 0.717) is 17.5 Å². The molecule has 2 amide bonds. The van der Waals surface area contributed by atoms with E-state index in [-0.39, 0.29) is 13.1 Å². The number of hydrogen-bond donors (Lipinski definition) is 1. The Kier molecular flexibility index (Phi) is 11.6. The number of para-hydroxylation sites is 1. The molecule has 8 heteroatoms. The Morgan fingerprint density at radius 3 is 2.11 bits per heavy atom. The standard InChI is InChI=1S/C36H44N4O3S/c1-6-27(7-2)21-39(31-19-17-29(18-20-31)26(3)4)22-28-13-15-30(16-14-28)33-25-44-34(37-33)23-40(32-11-9-8-10-12-32)36(43)38(5)24-35(41)42/h8-20,25-27H,6-7,21-24H2,1-5H3,(H,41,42). The van der Waals surface area contributed by atoms with Crippen molar-refractivity contribution in [3.05, 3.63) is 100 Å². The highest BCUT2D eigenvalue weighted by atomic mass is 32.1. The number of anilines is 2. The van der Waals surface area contributed by atoms with E-state index in [1.54, 1.807) is 4.90 Å². The normalized spacial score (nSPS) is 11.2. The van der Waals surface area contributed by atoms with Crippen molar-refractivity contribution in [2.75, 3.05) is 29.9 Å². The van der Waals surface area contributed by atoms with Gasteiger partial charge in [-0.3, -0.25) is 9.69 Å². The fraction of sp³-hybridized carbons (Fsp3) is 0.361. The molecule has 44 heavy (non-hydrogen) atoms. The number of carbonyl (C=O) groups is 2. The van der Waals surface area contributed by atoms with Crippen molar-refractivity contribution in [1.82, 2.24) is 9.88 Å². The van der Waals surface area contributed by atoms with Gasteiger partial charge in [-0.05, 0) is 47.2 Å². The van der Waals surface area contributed by atoms with Gasteiger partial charge in [0.15, 0.2) is 0 Å². The lowest BCUT2D eigenvalue weighted by atomic mass is 10.0. The minimum atomic E-state index is -1.06. The summed E-state index contributed by atoms with van der Waals surface area (Å²) in [7, 11) is 1.49. The largest absolute Gasteiger partial charge is 0.480 e. The van der Waals surface area contributed by atoms with Crippen molar-refractivity contribution in [2.45, 2.75) is 59.5 Å². The third-order valence-corrected chi connectivity index (χ3v) is 8.86. The molecule has 0 saturated carbocycles. The predicted molar refractivity (Wildman–Crippen MR) is 181 cm³/mol. The van der Waals surface area contributed by atoms with Crippen LogP contribution in [0.1, 0.15) is 62.6 Å². The summed E-state index contributed by atoms with van der Waals surface area (Å²) >= 11 is 1.49. The maximum Gasteiger partial charge on any atom is 0.325 e. The molecule has 232 valence electrons. The van der Waals surface area contributed by atoms with Crippen LogP contribution in [0.25, 0.3) is 11.3 Å². The minimum absolute atomic E-state index is 0.246. The molecule has 1 aromatic heterocycles. The molecule has 7 nitrogen and oxygen atoms in total. The van der Waals surface area contributed by atoms with Crippen LogP contribution in [0.5, 0.6) is 0 Å². The van der Waals surface area contributed by atoms with Crippen LogP contribution >= 0.6 is 11.3 Å². The number of carbonyl (C=O) groups excluding carboxylic acids is 1. The van der Waals surface area contributed by atoms with Crippen molar-refractivity contribution in [3.8, 4) is 11.3 Å². The summed E-state index contributed by atoms with van der Waals surface area (Å²) in [5, 5.41) is 12.0. The minimum Gasteiger partial charge on any atom is -0.480 e. The average molecular weight is 613 g/mol. The lowest BCUT2D eigenvalue weighted by molar-refractivity contribution is -0.137. The smallest absolute Gasteiger partial charge is 0.325 e. The first-order chi connectivity index (χ1) is 21.2. The first-order valence-electron chi connectivity index (χ1n) is 15.4. The zero-order valence-electron chi connectivity index (χ0n) is 26.4. The van der Waals surface area contributed by atoms with Gasteiger partial charge in [0.2, 0.25) is 0 Å². The Labute approximate surface area is 265 Å². The number of nitrogens with zero attached hydrogens (tertiary/aromatic N) is 4. The van der Waals surface area contributed by atoms with E-state index < -0.39 is 12.0 Å². The number of aliphatic carboxylic acids is 1. The molecule has 4 rings (SSSR count). The Balaban J connectivity index is 1.50. The Morgan fingerprint density at radius 1 is 0.864 bits per heavy atom. The van der Waals surface area contributed by atoms with Crippen molar-refractivity contribution < 1.29 is 14.7 Å². The lowest BCUT2D eigenvalue weighted by Gasteiger charge is -2.29. The van der Waals surface area contributed by atoms with Gasteiger partial charge in [-0.25, -0.2) is 9.78 Å². The van der Waals surface area contributed by atoms with E-state index in [1.165, 1.54) is 40.1 Å². The van der Waals surface area contributed by atoms with E-state index in [1.807, 2.05) is 35.7 Å². The second kappa shape index (κ2) is 15.5. The van der Waals surface area contributed by atoms with Gasteiger partial charge in [0.05, 0.1) is 12.2 Å². The molecule has 0 unspecified atom stereocenters. The molecule has 0 atom stereocenters. The summed E-state index contributed by atoms with van der Waals surface area (Å²) in [5.41, 5.74) is 6.41. The van der Waals surface area contributed by atoms with Crippen LogP contribution in [0.2, 0.25) is 0 Å². The Hall–Kier alpha value is -4.17. The summed E-state index contributed by atoms with van der Waals surface area (Å²) in [6.07, 6.45) is 2.32. The molecular weight excluding hydrogens is 568 g/mol. The number of benzene rings is 3. The molecule has 0 aliphatic rings. The fourth-order valence-electron chi connectivity index (χ4n) is 5.20. The van der Waals surface area contributed by atoms with E-state index in [2.05, 4.69) is 81.1 Å². The van der Waals surface area contributed by atoms with Crippen molar-refractivity contribution >= 4 is 34.7 Å². The highest BCUT2D eigenvalue weighted by Crippen LogP contribution is 2.28. The number of hydrogen-bond acceptors (Lipinski definition) is 5. The number of rotatable bonds is 14. The number of urea groups is 1. The summed E-state index contributed by atoms with van der Waals surface area (Å²) in [4.78, 5) is 34.5. The number of thiazole rings is 1. The van der Waals surface area contributed by atoms with Crippen LogP contribution < -0.4 is 9.80 Å². The van der Waals surface area contributed by atoms with Crippen molar-refractivity contribution in [2.24, 2.45) is 5.92 Å². The summed E-state index contributed by atoms with van der Waals surface area (Å²) in [6.45, 7) is 10.7. The second-order valence-corrected chi connectivity index (χ2v) is 12.5. The van der Waals surface area contributed by atoms with Gasteiger partial charge >= 0.3 is 12.0 Å². The number of carboxylic acids is 1. The van der Waals surface area contributed by atoms with Crippen LogP contribution in [0.15, 0.2) is 84.2 Å². The van der Waals surface area contributed by atoms with Crippen LogP contribution in [0.3, 0.4) is 0 Å². The molecule has 0 radical (unpaired) electrons. The maximum absolute atomic E-state index is 13.2. The molecule has 0 saturated heterocycles. The summed E-state index contributed by atoms with van der Waals surface area (Å²) < 4.78 is 0. The molecule has 4 aromatic rings. The van der Waals surface area contributed by atoms with Gasteiger partial charge in [-0.1, -0.05) is 95.1 Å². The Bertz CT molecular complexity index is 1480.